The third-order valence-electron chi connectivity index (χ3n) is 4.42. The van der Waals surface area contributed by atoms with E-state index in [0.717, 1.165) is 0 Å². The molecule has 1 aliphatic rings. The fraction of sp³-hybridized carbons (Fsp3) is 0.429. The SMILES string of the molecule is C.C\C=C/C1=C(\C=C/C(C)CC)C(C)(C)c2ccccc21. The molecule has 0 saturated carbocycles. The summed E-state index contributed by atoms with van der Waals surface area (Å²) in [6.07, 6.45) is 10.3. The Morgan fingerprint density at radius 1 is 1.14 bits per heavy atom. The van der Waals surface area contributed by atoms with Crippen LogP contribution in [0.4, 0.5) is 0 Å². The van der Waals surface area contributed by atoms with E-state index >= 15 is 0 Å². The standard InChI is InChI=1S/C20H26.CH4/c1-6-10-16-17-11-8-9-12-18(17)20(4,5)19(16)14-13-15(3)7-2;/h6,8-15H,7H2,1-5H3;1H4/b10-6-,14-13-;. The molecule has 114 valence electrons. The maximum absolute atomic E-state index is 2.35. The Morgan fingerprint density at radius 2 is 1.81 bits per heavy atom. The fourth-order valence-electron chi connectivity index (χ4n) is 2.93. The van der Waals surface area contributed by atoms with Crippen LogP contribution in [-0.4, -0.2) is 0 Å². The number of fused-ring (bicyclic) bond motifs is 1. The highest BCUT2D eigenvalue weighted by Crippen LogP contribution is 2.47. The van der Waals surface area contributed by atoms with Crippen molar-refractivity contribution < 1.29 is 0 Å². The first-order valence-corrected chi connectivity index (χ1v) is 7.67. The lowest BCUT2D eigenvalue weighted by molar-refractivity contribution is 0.648. The Bertz CT molecular complexity index is 567. The average molecular weight is 282 g/mol. The molecule has 21 heavy (non-hydrogen) atoms. The van der Waals surface area contributed by atoms with Crippen molar-refractivity contribution in [2.24, 2.45) is 5.92 Å². The van der Waals surface area contributed by atoms with Crippen molar-refractivity contribution in [3.8, 4) is 0 Å². The topological polar surface area (TPSA) is 0 Å². The van der Waals surface area contributed by atoms with Crippen LogP contribution in [0, 0.1) is 5.92 Å². The minimum Gasteiger partial charge on any atom is -0.0870 e. The third kappa shape index (κ3) is 3.20. The van der Waals surface area contributed by atoms with Gasteiger partial charge in [-0.1, -0.05) is 90.1 Å². The molecule has 1 atom stereocenters. The van der Waals surface area contributed by atoms with Crippen molar-refractivity contribution in [2.75, 3.05) is 0 Å². The Balaban J connectivity index is 0.00000220. The van der Waals surface area contributed by atoms with E-state index in [0.29, 0.717) is 5.92 Å². The molecule has 0 saturated heterocycles. The Kier molecular flexibility index (Phi) is 5.78. The summed E-state index contributed by atoms with van der Waals surface area (Å²) < 4.78 is 0. The predicted octanol–water partition coefficient (Wildman–Crippen LogP) is 6.55. The lowest BCUT2D eigenvalue weighted by atomic mass is 9.80. The van der Waals surface area contributed by atoms with Crippen LogP contribution in [0.25, 0.3) is 5.57 Å². The molecule has 0 radical (unpaired) electrons. The molecule has 0 heterocycles. The van der Waals surface area contributed by atoms with E-state index in [2.05, 4.69) is 83.2 Å². The molecule has 1 aromatic rings. The lowest BCUT2D eigenvalue weighted by Crippen LogP contribution is -2.16. The molecule has 1 aliphatic carbocycles. The largest absolute Gasteiger partial charge is 0.0870 e. The maximum atomic E-state index is 2.35. The van der Waals surface area contributed by atoms with E-state index in [-0.39, 0.29) is 12.8 Å². The van der Waals surface area contributed by atoms with Gasteiger partial charge in [0, 0.05) is 5.41 Å². The third-order valence-corrected chi connectivity index (χ3v) is 4.42. The van der Waals surface area contributed by atoms with Crippen molar-refractivity contribution in [1.29, 1.82) is 0 Å². The Morgan fingerprint density at radius 3 is 2.43 bits per heavy atom. The van der Waals surface area contributed by atoms with Crippen LogP contribution in [0.5, 0.6) is 0 Å². The molecular weight excluding hydrogens is 252 g/mol. The first-order valence-electron chi connectivity index (χ1n) is 7.67. The molecule has 1 aromatic carbocycles. The lowest BCUT2D eigenvalue weighted by Gasteiger charge is -2.23. The normalized spacial score (nSPS) is 18.1. The second kappa shape index (κ2) is 6.93. The summed E-state index contributed by atoms with van der Waals surface area (Å²) in [5, 5.41) is 0. The Labute approximate surface area is 131 Å². The average Bonchev–Trinajstić information content (AvgIpc) is 2.66. The number of benzene rings is 1. The monoisotopic (exact) mass is 282 g/mol. The molecule has 0 heteroatoms. The van der Waals surface area contributed by atoms with Crippen molar-refractivity contribution in [2.45, 2.75) is 53.9 Å². The van der Waals surface area contributed by atoms with E-state index in [4.69, 9.17) is 0 Å². The van der Waals surface area contributed by atoms with E-state index < -0.39 is 0 Å². The molecule has 0 spiro atoms. The fourth-order valence-corrected chi connectivity index (χ4v) is 2.93. The molecule has 0 aliphatic heterocycles. The van der Waals surface area contributed by atoms with Gasteiger partial charge in [-0.3, -0.25) is 0 Å². The molecule has 0 aromatic heterocycles. The van der Waals surface area contributed by atoms with Gasteiger partial charge in [-0.05, 0) is 35.1 Å². The van der Waals surface area contributed by atoms with Crippen molar-refractivity contribution in [3.63, 3.8) is 0 Å². The highest BCUT2D eigenvalue weighted by atomic mass is 14.4. The zero-order chi connectivity index (χ0) is 14.8. The summed E-state index contributed by atoms with van der Waals surface area (Å²) in [7, 11) is 0. The second-order valence-corrected chi connectivity index (χ2v) is 6.24. The first-order chi connectivity index (χ1) is 9.52. The molecular formula is C21H30. The number of rotatable bonds is 4. The van der Waals surface area contributed by atoms with Gasteiger partial charge in [0.2, 0.25) is 0 Å². The van der Waals surface area contributed by atoms with Gasteiger partial charge in [0.25, 0.3) is 0 Å². The smallest absolute Gasteiger partial charge is 0.0158 e. The summed E-state index contributed by atoms with van der Waals surface area (Å²) in [6, 6.07) is 8.80. The molecule has 0 bridgehead atoms. The van der Waals surface area contributed by atoms with Crippen LogP contribution < -0.4 is 0 Å². The summed E-state index contributed by atoms with van der Waals surface area (Å²) in [6.45, 7) is 11.3. The van der Waals surface area contributed by atoms with Gasteiger partial charge in [-0.2, -0.15) is 0 Å². The van der Waals surface area contributed by atoms with Crippen LogP contribution in [0.1, 0.15) is 59.6 Å². The van der Waals surface area contributed by atoms with Crippen molar-refractivity contribution >= 4 is 5.57 Å². The predicted molar refractivity (Wildman–Crippen MR) is 96.5 cm³/mol. The van der Waals surface area contributed by atoms with E-state index in [1.54, 1.807) is 0 Å². The minimum absolute atomic E-state index is 0. The summed E-state index contributed by atoms with van der Waals surface area (Å²) in [5.74, 6) is 0.633. The zero-order valence-corrected chi connectivity index (χ0v) is 13.4. The van der Waals surface area contributed by atoms with Crippen LogP contribution in [-0.2, 0) is 5.41 Å². The number of hydrogen-bond donors (Lipinski definition) is 0. The first kappa shape index (κ1) is 17.5. The van der Waals surface area contributed by atoms with Crippen LogP contribution in [0.2, 0.25) is 0 Å². The zero-order valence-electron chi connectivity index (χ0n) is 13.4. The molecule has 2 rings (SSSR count). The second-order valence-electron chi connectivity index (χ2n) is 6.24. The van der Waals surface area contributed by atoms with Crippen LogP contribution >= 0.6 is 0 Å². The number of allylic oxidation sites excluding steroid dienone is 6. The number of hydrogen-bond acceptors (Lipinski definition) is 0. The summed E-state index contributed by atoms with van der Waals surface area (Å²) in [4.78, 5) is 0. The molecule has 0 amide bonds. The van der Waals surface area contributed by atoms with Gasteiger partial charge in [0.1, 0.15) is 0 Å². The van der Waals surface area contributed by atoms with Gasteiger partial charge in [-0.15, -0.1) is 0 Å². The van der Waals surface area contributed by atoms with E-state index in [9.17, 15) is 0 Å². The highest BCUT2D eigenvalue weighted by molar-refractivity contribution is 5.87. The van der Waals surface area contributed by atoms with Gasteiger partial charge in [0.05, 0.1) is 0 Å². The van der Waals surface area contributed by atoms with Crippen LogP contribution in [0.15, 0.2) is 54.1 Å². The van der Waals surface area contributed by atoms with Gasteiger partial charge < -0.3 is 0 Å². The molecule has 1 unspecified atom stereocenters. The van der Waals surface area contributed by atoms with Gasteiger partial charge in [-0.25, -0.2) is 0 Å². The summed E-state index contributed by atoms with van der Waals surface area (Å²) in [5.41, 5.74) is 5.75. The highest BCUT2D eigenvalue weighted by Gasteiger charge is 2.34. The Hall–Kier alpha value is -1.56. The van der Waals surface area contributed by atoms with Crippen molar-refractivity contribution in [3.05, 3.63) is 65.3 Å². The molecule has 0 N–H and O–H groups in total. The van der Waals surface area contributed by atoms with Crippen LogP contribution in [0.3, 0.4) is 0 Å². The molecule has 0 nitrogen and oxygen atoms in total. The molecule has 0 fully saturated rings. The minimum atomic E-state index is 0. The van der Waals surface area contributed by atoms with Gasteiger partial charge in [0.15, 0.2) is 0 Å². The quantitative estimate of drug-likeness (QED) is 0.587. The van der Waals surface area contributed by atoms with Crippen molar-refractivity contribution in [1.82, 2.24) is 0 Å². The summed E-state index contributed by atoms with van der Waals surface area (Å²) >= 11 is 0. The van der Waals surface area contributed by atoms with E-state index in [1.807, 2.05) is 0 Å². The van der Waals surface area contributed by atoms with Gasteiger partial charge >= 0.3 is 0 Å². The maximum Gasteiger partial charge on any atom is 0.0158 e. The van der Waals surface area contributed by atoms with E-state index in [1.165, 1.54) is 28.7 Å².